The van der Waals surface area contributed by atoms with Crippen molar-refractivity contribution in [2.45, 2.75) is 45.9 Å². The molecule has 3 unspecified atom stereocenters. The Hall–Kier alpha value is -0.160. The topological polar surface area (TPSA) is 33.7 Å². The van der Waals surface area contributed by atoms with Gasteiger partial charge in [-0.1, -0.05) is 27.7 Å². The molecule has 0 aromatic carbocycles. The highest BCUT2D eigenvalue weighted by molar-refractivity contribution is 4.90. The summed E-state index contributed by atoms with van der Waals surface area (Å²) in [4.78, 5) is 2.58. The second-order valence-electron chi connectivity index (χ2n) is 6.34. The summed E-state index contributed by atoms with van der Waals surface area (Å²) in [6, 6.07) is 1.17. The Morgan fingerprint density at radius 2 is 1.84 bits per heavy atom. The molecule has 1 N–H and O–H groups in total. The van der Waals surface area contributed by atoms with E-state index < -0.39 is 0 Å². The standard InChI is InChI=1S/C15H32N2O2/c1-11(2)14-9-17(8-13(19-6)10-18-5)15(7-16-14)12(3)4/h11-16H,7-10H2,1-6H3. The quantitative estimate of drug-likeness (QED) is 0.763. The van der Waals surface area contributed by atoms with Gasteiger partial charge in [-0.3, -0.25) is 4.90 Å². The normalized spacial score (nSPS) is 27.2. The van der Waals surface area contributed by atoms with Gasteiger partial charge < -0.3 is 14.8 Å². The second kappa shape index (κ2) is 8.20. The molecule has 0 amide bonds. The van der Waals surface area contributed by atoms with E-state index in [2.05, 4.69) is 37.9 Å². The molecule has 1 heterocycles. The Morgan fingerprint density at radius 1 is 1.16 bits per heavy atom. The van der Waals surface area contributed by atoms with Gasteiger partial charge in [0.25, 0.3) is 0 Å². The minimum atomic E-state index is 0.164. The zero-order chi connectivity index (χ0) is 14.4. The molecule has 1 aliphatic rings. The van der Waals surface area contributed by atoms with Crippen LogP contribution in [-0.4, -0.2) is 63.5 Å². The number of hydrogen-bond acceptors (Lipinski definition) is 4. The van der Waals surface area contributed by atoms with E-state index in [1.807, 2.05) is 0 Å². The molecule has 0 radical (unpaired) electrons. The van der Waals surface area contributed by atoms with Crippen molar-refractivity contribution in [3.8, 4) is 0 Å². The smallest absolute Gasteiger partial charge is 0.0931 e. The summed E-state index contributed by atoms with van der Waals surface area (Å²) in [6.07, 6.45) is 0.164. The van der Waals surface area contributed by atoms with E-state index in [1.54, 1.807) is 14.2 Å². The zero-order valence-electron chi connectivity index (χ0n) is 13.5. The third-order valence-electron chi connectivity index (χ3n) is 4.19. The van der Waals surface area contributed by atoms with Crippen LogP contribution in [0.3, 0.4) is 0 Å². The Morgan fingerprint density at radius 3 is 2.32 bits per heavy atom. The van der Waals surface area contributed by atoms with Gasteiger partial charge in [0.15, 0.2) is 0 Å². The molecular formula is C15H32N2O2. The Labute approximate surface area is 118 Å². The van der Waals surface area contributed by atoms with E-state index >= 15 is 0 Å². The number of ether oxygens (including phenoxy) is 2. The average molecular weight is 272 g/mol. The van der Waals surface area contributed by atoms with Gasteiger partial charge >= 0.3 is 0 Å². The van der Waals surface area contributed by atoms with Crippen LogP contribution in [0, 0.1) is 11.8 Å². The van der Waals surface area contributed by atoms with Crippen molar-refractivity contribution in [3.63, 3.8) is 0 Å². The predicted octanol–water partition coefficient (Wildman–Crippen LogP) is 1.60. The molecule has 19 heavy (non-hydrogen) atoms. The molecule has 1 rings (SSSR count). The van der Waals surface area contributed by atoms with Crippen LogP contribution in [0.25, 0.3) is 0 Å². The number of nitrogens with one attached hydrogen (secondary N) is 1. The number of piperazine rings is 1. The van der Waals surface area contributed by atoms with Crippen LogP contribution in [0.5, 0.6) is 0 Å². The zero-order valence-corrected chi connectivity index (χ0v) is 13.5. The molecule has 0 aromatic rings. The largest absolute Gasteiger partial charge is 0.382 e. The first-order valence-corrected chi connectivity index (χ1v) is 7.48. The number of rotatable bonds is 7. The average Bonchev–Trinajstić information content (AvgIpc) is 2.37. The Balaban J connectivity index is 2.65. The van der Waals surface area contributed by atoms with Crippen LogP contribution in [-0.2, 0) is 9.47 Å². The molecule has 1 fully saturated rings. The first kappa shape index (κ1) is 16.9. The minimum Gasteiger partial charge on any atom is -0.382 e. The molecule has 0 bridgehead atoms. The third kappa shape index (κ3) is 5.03. The highest BCUT2D eigenvalue weighted by Crippen LogP contribution is 2.19. The van der Waals surface area contributed by atoms with Gasteiger partial charge in [-0.25, -0.2) is 0 Å². The van der Waals surface area contributed by atoms with Crippen LogP contribution < -0.4 is 5.32 Å². The molecule has 1 aliphatic heterocycles. The summed E-state index contributed by atoms with van der Waals surface area (Å²) in [7, 11) is 3.51. The van der Waals surface area contributed by atoms with Crippen molar-refractivity contribution in [2.24, 2.45) is 11.8 Å². The van der Waals surface area contributed by atoms with Crippen molar-refractivity contribution in [3.05, 3.63) is 0 Å². The summed E-state index contributed by atoms with van der Waals surface area (Å²) in [5.74, 6) is 1.32. The van der Waals surface area contributed by atoms with Crippen molar-refractivity contribution in [1.29, 1.82) is 0 Å². The SMILES string of the molecule is COCC(CN1CC(C(C)C)NCC1C(C)C)OC. The predicted molar refractivity (Wildman–Crippen MR) is 79.5 cm³/mol. The van der Waals surface area contributed by atoms with Crippen molar-refractivity contribution >= 4 is 0 Å². The fourth-order valence-corrected chi connectivity index (χ4v) is 2.81. The second-order valence-corrected chi connectivity index (χ2v) is 6.34. The molecule has 0 spiro atoms. The number of hydrogen-bond donors (Lipinski definition) is 1. The van der Waals surface area contributed by atoms with Gasteiger partial charge in [-0.2, -0.15) is 0 Å². The molecule has 0 saturated carbocycles. The van der Waals surface area contributed by atoms with Crippen LogP contribution in [0.15, 0.2) is 0 Å². The van der Waals surface area contributed by atoms with Crippen LogP contribution in [0.4, 0.5) is 0 Å². The van der Waals surface area contributed by atoms with Gasteiger partial charge in [0.05, 0.1) is 12.7 Å². The maximum Gasteiger partial charge on any atom is 0.0931 e. The summed E-state index contributed by atoms with van der Waals surface area (Å²) in [6.45, 7) is 13.0. The highest BCUT2D eigenvalue weighted by atomic mass is 16.5. The molecule has 114 valence electrons. The molecule has 4 nitrogen and oxygen atoms in total. The van der Waals surface area contributed by atoms with Gasteiger partial charge in [-0.15, -0.1) is 0 Å². The van der Waals surface area contributed by atoms with Crippen molar-refractivity contribution in [2.75, 3.05) is 40.5 Å². The lowest BCUT2D eigenvalue weighted by Gasteiger charge is -2.44. The number of nitrogens with zero attached hydrogens (tertiary/aromatic N) is 1. The van der Waals surface area contributed by atoms with Crippen molar-refractivity contribution in [1.82, 2.24) is 10.2 Å². The molecule has 3 atom stereocenters. The third-order valence-corrected chi connectivity index (χ3v) is 4.19. The van der Waals surface area contributed by atoms with E-state index in [0.29, 0.717) is 30.5 Å². The van der Waals surface area contributed by atoms with E-state index in [1.165, 1.54) is 0 Å². The summed E-state index contributed by atoms with van der Waals surface area (Å²) in [5, 5.41) is 3.69. The first-order chi connectivity index (χ1) is 8.99. The summed E-state index contributed by atoms with van der Waals surface area (Å²) in [5.41, 5.74) is 0. The maximum atomic E-state index is 5.53. The lowest BCUT2D eigenvalue weighted by Crippen LogP contribution is -2.61. The van der Waals surface area contributed by atoms with E-state index in [9.17, 15) is 0 Å². The fourth-order valence-electron chi connectivity index (χ4n) is 2.81. The van der Waals surface area contributed by atoms with Crippen LogP contribution in [0.2, 0.25) is 0 Å². The molecule has 0 aromatic heterocycles. The molecule has 0 aliphatic carbocycles. The van der Waals surface area contributed by atoms with Gasteiger partial charge in [0.2, 0.25) is 0 Å². The van der Waals surface area contributed by atoms with Gasteiger partial charge in [-0.05, 0) is 11.8 Å². The van der Waals surface area contributed by atoms with Crippen molar-refractivity contribution < 1.29 is 9.47 Å². The first-order valence-electron chi connectivity index (χ1n) is 7.48. The van der Waals surface area contributed by atoms with E-state index in [-0.39, 0.29) is 6.10 Å². The Bertz CT molecular complexity index is 246. The van der Waals surface area contributed by atoms with Gasteiger partial charge in [0, 0.05) is 45.9 Å². The molecular weight excluding hydrogens is 240 g/mol. The number of methoxy groups -OCH3 is 2. The highest BCUT2D eigenvalue weighted by Gasteiger charge is 2.32. The minimum absolute atomic E-state index is 0.164. The Kier molecular flexibility index (Phi) is 7.29. The lowest BCUT2D eigenvalue weighted by molar-refractivity contribution is -0.0195. The molecule has 1 saturated heterocycles. The summed E-state index contributed by atoms with van der Waals surface area (Å²) >= 11 is 0. The molecule has 4 heteroatoms. The van der Waals surface area contributed by atoms with Crippen LogP contribution >= 0.6 is 0 Å². The van der Waals surface area contributed by atoms with Gasteiger partial charge in [0.1, 0.15) is 0 Å². The maximum absolute atomic E-state index is 5.53. The lowest BCUT2D eigenvalue weighted by atomic mass is 9.94. The van der Waals surface area contributed by atoms with E-state index in [0.717, 1.165) is 19.6 Å². The monoisotopic (exact) mass is 272 g/mol. The van der Waals surface area contributed by atoms with Crippen LogP contribution in [0.1, 0.15) is 27.7 Å². The fraction of sp³-hybridized carbons (Fsp3) is 1.00. The van der Waals surface area contributed by atoms with E-state index in [4.69, 9.17) is 9.47 Å². The summed E-state index contributed by atoms with van der Waals surface area (Å²) < 4.78 is 10.8.